The highest BCUT2D eigenvalue weighted by Gasteiger charge is 2.62. The van der Waals surface area contributed by atoms with E-state index in [1.165, 1.54) is 0 Å². The summed E-state index contributed by atoms with van der Waals surface area (Å²) in [5.41, 5.74) is 1.78. The molecule has 2 heteroatoms. The number of fused-ring (bicyclic) bond motifs is 1. The lowest BCUT2D eigenvalue weighted by Gasteiger charge is -2.59. The van der Waals surface area contributed by atoms with E-state index in [4.69, 9.17) is 0 Å². The van der Waals surface area contributed by atoms with Crippen molar-refractivity contribution in [2.24, 2.45) is 0 Å². The van der Waals surface area contributed by atoms with E-state index in [2.05, 4.69) is 65.1 Å². The highest BCUT2D eigenvalue weighted by Crippen LogP contribution is 2.42. The van der Waals surface area contributed by atoms with E-state index in [9.17, 15) is 0 Å². The van der Waals surface area contributed by atoms with E-state index in [-0.39, 0.29) is 0 Å². The average Bonchev–Trinajstić information content (AvgIpc) is 2.26. The van der Waals surface area contributed by atoms with Gasteiger partial charge in [-0.25, -0.2) is 0 Å². The Balaban J connectivity index is 2.64. The second-order valence-electron chi connectivity index (χ2n) is 6.26. The van der Waals surface area contributed by atoms with Crippen molar-refractivity contribution in [1.29, 1.82) is 0 Å². The lowest BCUT2D eigenvalue weighted by Crippen LogP contribution is -2.89. The second kappa shape index (κ2) is 3.57. The van der Waals surface area contributed by atoms with Crippen LogP contribution in [-0.2, 0) is 0 Å². The molecule has 2 rings (SSSR count). The second-order valence-corrected chi connectivity index (χ2v) is 20.7. The third kappa shape index (κ3) is 1.15. The third-order valence-corrected chi connectivity index (χ3v) is 27.1. The topological polar surface area (TPSA) is 0 Å². The monoisotopic (exact) mass is 248 g/mol. The number of benzene rings is 1. The molecule has 0 amide bonds. The Bertz CT molecular complexity index is 372. The van der Waals surface area contributed by atoms with Crippen molar-refractivity contribution >= 4 is 25.6 Å². The molecule has 16 heavy (non-hydrogen) atoms. The molecule has 0 N–H and O–H groups in total. The maximum atomic E-state index is 2.65. The first kappa shape index (κ1) is 12.1. The van der Waals surface area contributed by atoms with Crippen molar-refractivity contribution in [3.8, 4) is 0 Å². The molecule has 2 atom stereocenters. The Morgan fingerprint density at radius 1 is 0.750 bits per heavy atom. The smallest absolute Gasteiger partial charge is 0.0667 e. The average molecular weight is 249 g/mol. The Labute approximate surface area is 102 Å². The molecule has 0 unspecified atom stereocenters. The summed E-state index contributed by atoms with van der Waals surface area (Å²) < 4.78 is 0. The fourth-order valence-electron chi connectivity index (χ4n) is 3.71. The van der Waals surface area contributed by atoms with Gasteiger partial charge in [0.25, 0.3) is 0 Å². The van der Waals surface area contributed by atoms with Crippen molar-refractivity contribution in [1.82, 2.24) is 0 Å². The molecule has 1 aromatic carbocycles. The van der Waals surface area contributed by atoms with Crippen molar-refractivity contribution in [3.05, 3.63) is 24.3 Å². The minimum atomic E-state index is -1.17. The van der Waals surface area contributed by atoms with Gasteiger partial charge in [0.1, 0.15) is 0 Å². The Morgan fingerprint density at radius 3 is 1.31 bits per heavy atom. The van der Waals surface area contributed by atoms with Crippen molar-refractivity contribution in [3.63, 3.8) is 0 Å². The van der Waals surface area contributed by atoms with Gasteiger partial charge in [0, 0.05) is 0 Å². The zero-order valence-corrected chi connectivity index (χ0v) is 13.5. The van der Waals surface area contributed by atoms with E-state index in [1.807, 2.05) is 0 Å². The predicted octanol–water partition coefficient (Wildman–Crippen LogP) is 3.17. The van der Waals surface area contributed by atoms with E-state index in [0.29, 0.717) is 0 Å². The van der Waals surface area contributed by atoms with Crippen LogP contribution in [0.25, 0.3) is 0 Å². The van der Waals surface area contributed by atoms with Crippen LogP contribution in [-0.4, -0.2) is 15.2 Å². The molecular weight excluding hydrogens is 224 g/mol. The summed E-state index contributed by atoms with van der Waals surface area (Å²) in [7, 11) is -2.35. The van der Waals surface area contributed by atoms with Crippen molar-refractivity contribution in [2.45, 2.75) is 51.9 Å². The molecule has 0 aromatic heterocycles. The van der Waals surface area contributed by atoms with Crippen LogP contribution >= 0.6 is 0 Å². The minimum absolute atomic E-state index is 0.890. The summed E-state index contributed by atoms with van der Waals surface area (Å²) in [6.07, 6.45) is 0. The van der Waals surface area contributed by atoms with E-state index in [0.717, 1.165) is 11.1 Å². The first-order chi connectivity index (χ1) is 7.36. The quantitative estimate of drug-likeness (QED) is 0.705. The van der Waals surface area contributed by atoms with Gasteiger partial charge in [-0.2, -0.15) is 0 Å². The van der Waals surface area contributed by atoms with E-state index in [1.54, 1.807) is 10.4 Å². The highest BCUT2D eigenvalue weighted by molar-refractivity contribution is 7.58. The normalized spacial score (nSPS) is 32.8. The van der Waals surface area contributed by atoms with Gasteiger partial charge >= 0.3 is 0 Å². The minimum Gasteiger partial charge on any atom is -0.0667 e. The van der Waals surface area contributed by atoms with Crippen LogP contribution in [0.4, 0.5) is 0 Å². The first-order valence-electron chi connectivity index (χ1n) is 6.46. The van der Waals surface area contributed by atoms with Gasteiger partial charge in [-0.15, -0.1) is 0 Å². The standard InChI is InChI=1S/C14H24Si2/c1-11(2)15(5)13-9-7-8-10-14(13)16(15,6)12(3)4/h7-12H,1-6H3/t15-,16+. The van der Waals surface area contributed by atoms with Crippen LogP contribution in [0.1, 0.15) is 27.7 Å². The SMILES string of the molecule is CC(C)[Si@]1(C)c2ccccc2[Si@]1(C)C(C)C. The van der Waals surface area contributed by atoms with Crippen LogP contribution in [0.2, 0.25) is 24.2 Å². The number of hydrogen-bond acceptors (Lipinski definition) is 0. The van der Waals surface area contributed by atoms with E-state index < -0.39 is 15.2 Å². The number of rotatable bonds is 2. The molecular formula is C14H24Si2. The summed E-state index contributed by atoms with van der Waals surface area (Å²) in [5.74, 6) is 0. The molecule has 0 fully saturated rings. The molecule has 0 spiro atoms. The third-order valence-electron chi connectivity index (χ3n) is 5.43. The van der Waals surface area contributed by atoms with Gasteiger partial charge in [0.15, 0.2) is 0 Å². The Kier molecular flexibility index (Phi) is 2.71. The lowest BCUT2D eigenvalue weighted by atomic mass is 10.4. The molecule has 1 aromatic rings. The number of hydrogen-bond donors (Lipinski definition) is 0. The zero-order valence-electron chi connectivity index (χ0n) is 11.5. The largest absolute Gasteiger partial charge is 0.0849 e. The summed E-state index contributed by atoms with van der Waals surface area (Å²) in [4.78, 5) is 0. The maximum absolute atomic E-state index is 2.65. The van der Waals surface area contributed by atoms with Gasteiger partial charge < -0.3 is 0 Å². The maximum Gasteiger partial charge on any atom is 0.0849 e. The van der Waals surface area contributed by atoms with Gasteiger partial charge in [-0.05, 0) is 11.1 Å². The van der Waals surface area contributed by atoms with Crippen LogP contribution in [0.5, 0.6) is 0 Å². The summed E-state index contributed by atoms with van der Waals surface area (Å²) in [6.45, 7) is 15.1. The molecule has 1 heterocycles. The summed E-state index contributed by atoms with van der Waals surface area (Å²) in [6, 6.07) is 9.30. The van der Waals surface area contributed by atoms with Gasteiger partial charge in [0.2, 0.25) is 0 Å². The Morgan fingerprint density at radius 2 is 1.06 bits per heavy atom. The molecule has 88 valence electrons. The van der Waals surface area contributed by atoms with Crippen LogP contribution in [0.15, 0.2) is 24.3 Å². The Hall–Kier alpha value is -0.346. The molecule has 1 aliphatic rings. The molecule has 0 saturated carbocycles. The highest BCUT2D eigenvalue weighted by atomic mass is 29.3. The van der Waals surface area contributed by atoms with Gasteiger partial charge in [-0.3, -0.25) is 0 Å². The molecule has 0 saturated heterocycles. The molecule has 0 nitrogen and oxygen atoms in total. The fraction of sp³-hybridized carbons (Fsp3) is 0.571. The first-order valence-corrected chi connectivity index (χ1v) is 12.6. The van der Waals surface area contributed by atoms with Crippen LogP contribution in [0, 0.1) is 0 Å². The van der Waals surface area contributed by atoms with E-state index >= 15 is 0 Å². The van der Waals surface area contributed by atoms with Crippen molar-refractivity contribution in [2.75, 3.05) is 0 Å². The molecule has 0 bridgehead atoms. The van der Waals surface area contributed by atoms with Crippen LogP contribution in [0.3, 0.4) is 0 Å². The summed E-state index contributed by atoms with van der Waals surface area (Å²) >= 11 is 0. The molecule has 0 aliphatic carbocycles. The van der Waals surface area contributed by atoms with Crippen LogP contribution < -0.4 is 10.4 Å². The van der Waals surface area contributed by atoms with Gasteiger partial charge in [-0.1, -0.05) is 75.4 Å². The fourth-order valence-corrected chi connectivity index (χ4v) is 23.2. The zero-order chi connectivity index (χ0) is 12.1. The molecule has 0 radical (unpaired) electrons. The van der Waals surface area contributed by atoms with Gasteiger partial charge in [0.05, 0.1) is 15.2 Å². The van der Waals surface area contributed by atoms with Crippen molar-refractivity contribution < 1.29 is 0 Å². The summed E-state index contributed by atoms with van der Waals surface area (Å²) in [5, 5.41) is 3.54. The predicted molar refractivity (Wildman–Crippen MR) is 79.1 cm³/mol. The lowest BCUT2D eigenvalue weighted by molar-refractivity contribution is 0.992. The molecule has 1 aliphatic heterocycles.